The molecule has 0 fully saturated rings. The highest BCUT2D eigenvalue weighted by molar-refractivity contribution is 9.10. The van der Waals surface area contributed by atoms with Crippen molar-refractivity contribution >= 4 is 27.3 Å². The number of halogens is 1. The van der Waals surface area contributed by atoms with Crippen LogP contribution in [-0.2, 0) is 0 Å². The van der Waals surface area contributed by atoms with Crippen molar-refractivity contribution in [2.24, 2.45) is 0 Å². The van der Waals surface area contributed by atoms with Crippen LogP contribution in [0.1, 0.15) is 33.9 Å². The lowest BCUT2D eigenvalue weighted by molar-refractivity contribution is 0.219. The van der Waals surface area contributed by atoms with Gasteiger partial charge in [-0.1, -0.05) is 22.0 Å². The molecule has 90 valence electrons. The second kappa shape index (κ2) is 4.92. The van der Waals surface area contributed by atoms with Gasteiger partial charge in [0.05, 0.1) is 0 Å². The fraction of sp³-hybridized carbons (Fsp3) is 0.286. The fourth-order valence-electron chi connectivity index (χ4n) is 1.92. The van der Waals surface area contributed by atoms with Crippen molar-refractivity contribution in [3.8, 4) is 0 Å². The van der Waals surface area contributed by atoms with Crippen LogP contribution in [0.4, 0.5) is 0 Å². The molecule has 17 heavy (non-hydrogen) atoms. The summed E-state index contributed by atoms with van der Waals surface area (Å²) in [5.74, 6) is 0. The summed E-state index contributed by atoms with van der Waals surface area (Å²) in [6.07, 6.45) is -0.520. The molecule has 3 heteroatoms. The molecule has 0 radical (unpaired) electrons. The Morgan fingerprint density at radius 1 is 1.00 bits per heavy atom. The Morgan fingerprint density at radius 2 is 1.71 bits per heavy atom. The topological polar surface area (TPSA) is 20.2 Å². The minimum Gasteiger partial charge on any atom is -0.384 e. The molecule has 0 saturated carbocycles. The third-order valence-corrected chi connectivity index (χ3v) is 4.77. The van der Waals surface area contributed by atoms with Crippen LogP contribution in [-0.4, -0.2) is 5.11 Å². The Kier molecular flexibility index (Phi) is 3.71. The van der Waals surface area contributed by atoms with E-state index in [1.807, 2.05) is 26.2 Å². The van der Waals surface area contributed by atoms with E-state index in [0.29, 0.717) is 0 Å². The van der Waals surface area contributed by atoms with Crippen molar-refractivity contribution in [2.75, 3.05) is 0 Å². The summed E-state index contributed by atoms with van der Waals surface area (Å²) in [5, 5.41) is 14.5. The summed E-state index contributed by atoms with van der Waals surface area (Å²) < 4.78 is 1.09. The zero-order valence-electron chi connectivity index (χ0n) is 10.1. The summed E-state index contributed by atoms with van der Waals surface area (Å²) in [4.78, 5) is 0. The summed E-state index contributed by atoms with van der Waals surface area (Å²) in [6.45, 7) is 6.11. The van der Waals surface area contributed by atoms with E-state index < -0.39 is 6.10 Å². The van der Waals surface area contributed by atoms with E-state index >= 15 is 0 Å². The van der Waals surface area contributed by atoms with E-state index in [2.05, 4.69) is 33.4 Å². The highest BCUT2D eigenvalue weighted by Crippen LogP contribution is 2.32. The number of aryl methyl sites for hydroxylation is 3. The molecule has 1 N–H and O–H groups in total. The van der Waals surface area contributed by atoms with Gasteiger partial charge >= 0.3 is 0 Å². The van der Waals surface area contributed by atoms with Crippen LogP contribution in [0.2, 0.25) is 0 Å². The van der Waals surface area contributed by atoms with Gasteiger partial charge in [0, 0.05) is 4.47 Å². The van der Waals surface area contributed by atoms with Gasteiger partial charge in [-0.25, -0.2) is 0 Å². The molecule has 0 aliphatic carbocycles. The average Bonchev–Trinajstić information content (AvgIpc) is 2.69. The van der Waals surface area contributed by atoms with Crippen LogP contribution in [0.3, 0.4) is 0 Å². The van der Waals surface area contributed by atoms with Gasteiger partial charge in [0.2, 0.25) is 0 Å². The maximum absolute atomic E-state index is 10.4. The maximum Gasteiger partial charge on any atom is 0.105 e. The molecule has 2 aromatic rings. The van der Waals surface area contributed by atoms with Gasteiger partial charge in [-0.2, -0.15) is 11.3 Å². The normalized spacial score (nSPS) is 12.8. The average molecular weight is 311 g/mol. The van der Waals surface area contributed by atoms with Crippen LogP contribution >= 0.6 is 27.3 Å². The van der Waals surface area contributed by atoms with Crippen LogP contribution in [0.25, 0.3) is 0 Å². The van der Waals surface area contributed by atoms with Crippen LogP contribution in [0.5, 0.6) is 0 Å². The van der Waals surface area contributed by atoms with Crippen LogP contribution in [0, 0.1) is 20.8 Å². The van der Waals surface area contributed by atoms with Crippen molar-refractivity contribution in [3.05, 3.63) is 55.2 Å². The molecule has 0 amide bonds. The monoisotopic (exact) mass is 310 g/mol. The number of hydrogen-bond donors (Lipinski definition) is 1. The molecule has 1 heterocycles. The SMILES string of the molecule is Cc1cc(C(O)c2cscc2C)c(C)cc1Br. The Labute approximate surface area is 114 Å². The summed E-state index contributed by atoms with van der Waals surface area (Å²) in [7, 11) is 0. The number of thiophene rings is 1. The second-order valence-electron chi connectivity index (χ2n) is 4.37. The van der Waals surface area contributed by atoms with Gasteiger partial charge in [0.1, 0.15) is 6.10 Å². The van der Waals surface area contributed by atoms with Crippen molar-refractivity contribution in [3.63, 3.8) is 0 Å². The lowest BCUT2D eigenvalue weighted by Crippen LogP contribution is -2.03. The first-order valence-electron chi connectivity index (χ1n) is 5.48. The molecule has 1 aromatic heterocycles. The molecule has 0 bridgehead atoms. The lowest BCUT2D eigenvalue weighted by Gasteiger charge is -2.15. The minimum atomic E-state index is -0.520. The van der Waals surface area contributed by atoms with Crippen LogP contribution < -0.4 is 0 Å². The van der Waals surface area contributed by atoms with E-state index in [1.54, 1.807) is 11.3 Å². The van der Waals surface area contributed by atoms with E-state index in [-0.39, 0.29) is 0 Å². The Morgan fingerprint density at radius 3 is 2.29 bits per heavy atom. The molecular weight excluding hydrogens is 296 g/mol. The van der Waals surface area contributed by atoms with Gasteiger partial charge in [-0.3, -0.25) is 0 Å². The highest BCUT2D eigenvalue weighted by Gasteiger charge is 2.16. The van der Waals surface area contributed by atoms with Crippen molar-refractivity contribution in [1.29, 1.82) is 0 Å². The predicted octanol–water partition coefficient (Wildman–Crippen LogP) is 4.52. The number of aliphatic hydroxyl groups is 1. The smallest absolute Gasteiger partial charge is 0.105 e. The predicted molar refractivity (Wildman–Crippen MR) is 76.7 cm³/mol. The van der Waals surface area contributed by atoms with Crippen molar-refractivity contribution in [2.45, 2.75) is 26.9 Å². The lowest BCUT2D eigenvalue weighted by atomic mass is 9.96. The fourth-order valence-corrected chi connectivity index (χ4v) is 3.24. The van der Waals surface area contributed by atoms with Gasteiger partial charge in [-0.05, 0) is 65.4 Å². The summed E-state index contributed by atoms with van der Waals surface area (Å²) >= 11 is 5.15. The largest absolute Gasteiger partial charge is 0.384 e. The summed E-state index contributed by atoms with van der Waals surface area (Å²) in [5.41, 5.74) is 5.42. The third-order valence-electron chi connectivity index (χ3n) is 3.03. The van der Waals surface area contributed by atoms with Crippen molar-refractivity contribution < 1.29 is 5.11 Å². The Bertz CT molecular complexity index is 545. The van der Waals surface area contributed by atoms with E-state index in [4.69, 9.17) is 0 Å². The molecule has 0 aliphatic rings. The van der Waals surface area contributed by atoms with Gasteiger partial charge in [-0.15, -0.1) is 0 Å². The highest BCUT2D eigenvalue weighted by atomic mass is 79.9. The number of rotatable bonds is 2. The maximum atomic E-state index is 10.4. The first kappa shape index (κ1) is 12.8. The molecule has 1 nitrogen and oxygen atoms in total. The number of hydrogen-bond acceptors (Lipinski definition) is 2. The van der Waals surface area contributed by atoms with E-state index in [1.165, 1.54) is 0 Å². The Hall–Kier alpha value is -0.640. The summed E-state index contributed by atoms with van der Waals surface area (Å²) in [6, 6.07) is 4.12. The number of benzene rings is 1. The van der Waals surface area contributed by atoms with Gasteiger partial charge in [0.25, 0.3) is 0 Å². The Balaban J connectivity index is 2.48. The van der Waals surface area contributed by atoms with Crippen molar-refractivity contribution in [1.82, 2.24) is 0 Å². The molecular formula is C14H15BrOS. The number of aliphatic hydroxyl groups excluding tert-OH is 1. The van der Waals surface area contributed by atoms with Crippen LogP contribution in [0.15, 0.2) is 27.4 Å². The zero-order valence-corrected chi connectivity index (χ0v) is 12.5. The van der Waals surface area contributed by atoms with Gasteiger partial charge < -0.3 is 5.11 Å². The first-order chi connectivity index (χ1) is 8.00. The van der Waals surface area contributed by atoms with E-state index in [9.17, 15) is 5.11 Å². The third kappa shape index (κ3) is 2.46. The first-order valence-corrected chi connectivity index (χ1v) is 7.21. The molecule has 1 unspecified atom stereocenters. The molecule has 0 spiro atoms. The second-order valence-corrected chi connectivity index (χ2v) is 5.97. The minimum absolute atomic E-state index is 0.520. The standard InChI is InChI=1S/C14H15BrOS/c1-8-5-13(15)9(2)4-11(8)14(16)12-7-17-6-10(12)3/h4-7,14,16H,1-3H3. The molecule has 0 saturated heterocycles. The van der Waals surface area contributed by atoms with E-state index in [0.717, 1.165) is 32.3 Å². The zero-order chi connectivity index (χ0) is 12.6. The quantitative estimate of drug-likeness (QED) is 0.864. The molecule has 0 aliphatic heterocycles. The molecule has 1 atom stereocenters. The molecule has 2 rings (SSSR count). The van der Waals surface area contributed by atoms with Gasteiger partial charge in [0.15, 0.2) is 0 Å². The molecule has 1 aromatic carbocycles.